The first-order chi connectivity index (χ1) is 47.7. The molecule has 0 atom stereocenters. The maximum absolute atomic E-state index is 10.1. The van der Waals surface area contributed by atoms with Crippen LogP contribution >= 0.6 is 0 Å². The van der Waals surface area contributed by atoms with Gasteiger partial charge in [-0.2, -0.15) is 18.2 Å². The number of benzene rings is 10. The summed E-state index contributed by atoms with van der Waals surface area (Å²) >= 11 is 0. The molecule has 77 heavy (non-hydrogen) atoms. The normalized spacial score (nSPS) is 16.3. The van der Waals surface area contributed by atoms with Gasteiger partial charge in [0.2, 0.25) is 0 Å². The van der Waals surface area contributed by atoms with E-state index in [4.69, 9.17) is 19.3 Å². The Balaban J connectivity index is 0.00000982. The summed E-state index contributed by atoms with van der Waals surface area (Å²) in [5.41, 5.74) is -0.527. The van der Waals surface area contributed by atoms with Crippen molar-refractivity contribution in [2.24, 2.45) is 0 Å². The summed E-state index contributed by atoms with van der Waals surface area (Å²) in [6.45, 7) is 6.30. The SMILES string of the molecule is [2H]c1c([2H])c([2H])c(-c2cc(-c3c([2H])c([2H])c([2H])c([2H])c3[2H])c(-[n+]3[c-]n(-c4[c-]c(Oc5[c-]c6c(cc5)c5ccccc5n6-c5cc(C(C)(C)C)ccn5)ccc4)c4ccccc43)c([Si](c3c([2H])c([2H])c([2H])c([2H])c3[2H])(c3c([2H])c([2H])c([2H])c([2H])c3[2H])c3c([2H])c([2H])c([2H])c([2H])c3[2H])c2)c([2H])c1[2H].[Pt]. The number of rotatable bonds is 11. The van der Waals surface area contributed by atoms with Crippen LogP contribution in [0.1, 0.15) is 60.6 Å². The van der Waals surface area contributed by atoms with Crippen molar-refractivity contribution in [3.05, 3.63) is 284 Å². The van der Waals surface area contributed by atoms with Crippen LogP contribution < -0.4 is 30.1 Å². The fourth-order valence-corrected chi connectivity index (χ4v) is 13.7. The molecule has 10 aromatic carbocycles. The number of ether oxygens (including phenoxy) is 1. The monoisotopic (exact) mass is 1210 g/mol. The van der Waals surface area contributed by atoms with E-state index in [0.29, 0.717) is 11.3 Å². The van der Waals surface area contributed by atoms with Crippen LogP contribution in [0.3, 0.4) is 0 Å². The first-order valence-electron chi connectivity index (χ1n) is 36.3. The van der Waals surface area contributed by atoms with Gasteiger partial charge < -0.3 is 13.9 Å². The van der Waals surface area contributed by atoms with Gasteiger partial charge in [0.25, 0.3) is 6.33 Å². The van der Waals surface area contributed by atoms with Gasteiger partial charge in [-0.05, 0) is 89.3 Å². The molecule has 0 aliphatic heterocycles. The van der Waals surface area contributed by atoms with Crippen molar-refractivity contribution >= 4 is 61.7 Å². The average Bonchev–Trinajstić information content (AvgIpc) is 0.701. The third-order valence-corrected chi connectivity index (χ3v) is 17.3. The first kappa shape index (κ1) is 28.5. The van der Waals surface area contributed by atoms with Gasteiger partial charge in [-0.25, -0.2) is 4.98 Å². The summed E-state index contributed by atoms with van der Waals surface area (Å²) in [6, 6.07) is 8.88. The predicted octanol–water partition coefficient (Wildman–Crippen LogP) is 13.6. The van der Waals surface area contributed by atoms with E-state index < -0.39 is 208 Å². The van der Waals surface area contributed by atoms with Crippen LogP contribution in [0.15, 0.2) is 260 Å². The predicted molar refractivity (Wildman–Crippen MR) is 313 cm³/mol. The van der Waals surface area contributed by atoms with Crippen molar-refractivity contribution in [3.8, 4) is 50.9 Å². The average molecular weight is 1210 g/mol. The molecule has 0 saturated carbocycles. The molecule has 0 amide bonds. The van der Waals surface area contributed by atoms with Gasteiger partial charge in [0.1, 0.15) is 5.82 Å². The van der Waals surface area contributed by atoms with Crippen molar-refractivity contribution in [3.63, 3.8) is 0 Å². The molecular weight excluding hydrogens is 1140 g/mol. The molecule has 0 bridgehead atoms. The van der Waals surface area contributed by atoms with E-state index in [-0.39, 0.29) is 54.7 Å². The molecule has 0 radical (unpaired) electrons. The van der Waals surface area contributed by atoms with Gasteiger partial charge in [-0.15, -0.1) is 29.7 Å². The third-order valence-electron chi connectivity index (χ3n) is 13.1. The molecule has 0 saturated heterocycles. The Morgan fingerprint density at radius 3 is 1.78 bits per heavy atom. The molecular formula is C70H52N4OPtSi-2. The second kappa shape index (κ2) is 20.5. The number of hydrogen-bond donors (Lipinski definition) is 0. The largest absolute Gasteiger partial charge is 0.510 e. The number of para-hydroxylation sites is 3. The van der Waals surface area contributed by atoms with Gasteiger partial charge in [-0.3, -0.25) is 4.57 Å². The van der Waals surface area contributed by atoms with Crippen LogP contribution in [-0.4, -0.2) is 22.2 Å². The summed E-state index contributed by atoms with van der Waals surface area (Å²) in [5.74, 6) is 0.967. The number of fused-ring (bicyclic) bond motifs is 4. The van der Waals surface area contributed by atoms with E-state index in [1.54, 1.807) is 48.7 Å². The van der Waals surface area contributed by atoms with Crippen LogP contribution in [0.2, 0.25) is 0 Å². The van der Waals surface area contributed by atoms with E-state index in [0.717, 1.165) is 34.0 Å². The fourth-order valence-electron chi connectivity index (χ4n) is 9.69. The van der Waals surface area contributed by atoms with Crippen LogP contribution in [0, 0.1) is 18.5 Å². The summed E-state index contributed by atoms with van der Waals surface area (Å²) in [5, 5.41) is -2.01. The molecule has 374 valence electrons. The second-order valence-electron chi connectivity index (χ2n) is 18.5. The number of hydrogen-bond acceptors (Lipinski definition) is 2. The molecule has 0 aliphatic carbocycles. The zero-order valence-corrected chi connectivity index (χ0v) is 44.2. The molecule has 0 unspecified atom stereocenters. The zero-order valence-electron chi connectivity index (χ0n) is 65.9. The zero-order chi connectivity index (χ0) is 73.0. The maximum atomic E-state index is 10.1. The Bertz CT molecular complexity index is 5480. The van der Waals surface area contributed by atoms with Crippen molar-refractivity contribution in [2.75, 3.05) is 0 Å². The van der Waals surface area contributed by atoms with E-state index in [1.165, 1.54) is 15.2 Å². The van der Waals surface area contributed by atoms with E-state index in [2.05, 4.69) is 39.2 Å². The first-order valence-corrected chi connectivity index (χ1v) is 25.8. The Hall–Kier alpha value is -8.67. The van der Waals surface area contributed by atoms with Crippen LogP contribution in [0.4, 0.5) is 0 Å². The number of nitrogens with zero attached hydrogens (tertiary/aromatic N) is 4. The third kappa shape index (κ3) is 8.84. The summed E-state index contributed by atoms with van der Waals surface area (Å²) in [6.07, 6.45) is 5.04. The minimum absolute atomic E-state index is 0. The van der Waals surface area contributed by atoms with Gasteiger partial charge >= 0.3 is 0 Å². The van der Waals surface area contributed by atoms with Gasteiger partial charge in [-0.1, -0.05) is 226 Å². The molecule has 3 heterocycles. The second-order valence-corrected chi connectivity index (χ2v) is 22.1. The van der Waals surface area contributed by atoms with Crippen molar-refractivity contribution in [1.29, 1.82) is 0 Å². The molecule has 0 fully saturated rings. The quantitative estimate of drug-likeness (QED) is 0.0560. The van der Waals surface area contributed by atoms with Crippen LogP contribution in [0.25, 0.3) is 72.3 Å². The topological polar surface area (TPSA) is 35.9 Å². The standard InChI is InChI=1S/C70H52N4OSi.Pt/c1-70(2,3)53-42-43-71-68(46-53)74-63-37-20-19-36-60(63)61-41-40-56(48-66(61)74)75-55-29-23-28-54(47-55)72-49-73(65-39-22-21-38-64(65)72)69-62(51-26-11-5-12-27-51)44-52(50-24-9-4-10-25-50)45-67(69)76(57-30-13-6-14-31-57,58-32-15-7-16-33-58)59-34-17-8-18-35-59;/h4-46H,1-3H3;/q-2;/i4D,5D,6D,7D,8D,9D,10D,11D,12D,13D,14D,15D,16D,17D,18D,24D,25D,26D,27D,30D,31D,32D,33D,34D,35D;. The van der Waals surface area contributed by atoms with Gasteiger partial charge in [0.15, 0.2) is 8.07 Å². The molecule has 7 heteroatoms. The van der Waals surface area contributed by atoms with Crippen molar-refractivity contribution < 1.29 is 64.6 Å². The smallest absolute Gasteiger partial charge is 0.268 e. The fraction of sp³-hybridized carbons (Fsp3) is 0.0571. The Morgan fingerprint density at radius 2 is 1.13 bits per heavy atom. The number of aromatic nitrogens is 4. The molecule has 5 nitrogen and oxygen atoms in total. The minimum atomic E-state index is -6.49. The van der Waals surface area contributed by atoms with E-state index in [9.17, 15) is 24.7 Å². The summed E-state index contributed by atoms with van der Waals surface area (Å²) in [4.78, 5) is 4.79. The van der Waals surface area contributed by atoms with Crippen LogP contribution in [-0.2, 0) is 26.5 Å². The van der Waals surface area contributed by atoms with Crippen LogP contribution in [0.5, 0.6) is 11.5 Å². The van der Waals surface area contributed by atoms with Crippen molar-refractivity contribution in [2.45, 2.75) is 26.2 Å². The minimum Gasteiger partial charge on any atom is -0.510 e. The molecule has 13 aromatic rings. The van der Waals surface area contributed by atoms with Gasteiger partial charge in [0.05, 0.1) is 51.0 Å². The molecule has 0 spiro atoms. The molecule has 3 aromatic heterocycles. The summed E-state index contributed by atoms with van der Waals surface area (Å²) in [7, 11) is -6.49. The molecule has 0 N–H and O–H groups in total. The Labute approximate surface area is 500 Å². The Kier molecular flexibility index (Phi) is 7.56. The summed E-state index contributed by atoms with van der Waals surface area (Å²) < 4.78 is 247. The number of pyridine rings is 1. The number of imidazole rings is 1. The Morgan fingerprint density at radius 1 is 0.545 bits per heavy atom. The molecule has 13 rings (SSSR count). The molecule has 0 aliphatic rings. The van der Waals surface area contributed by atoms with Crippen molar-refractivity contribution in [1.82, 2.24) is 14.1 Å². The maximum Gasteiger partial charge on any atom is 0.268 e. The van der Waals surface area contributed by atoms with Gasteiger partial charge in [0, 0.05) is 44.3 Å². The van der Waals surface area contributed by atoms with E-state index >= 15 is 0 Å². The van der Waals surface area contributed by atoms with E-state index in [1.807, 2.05) is 47.0 Å².